The summed E-state index contributed by atoms with van der Waals surface area (Å²) in [5.74, 6) is 0.469. The van der Waals surface area contributed by atoms with Crippen molar-refractivity contribution in [3.8, 4) is 0 Å². The average Bonchev–Trinajstić information content (AvgIpc) is 2.99. The molecule has 8 heteroatoms. The van der Waals surface area contributed by atoms with Gasteiger partial charge in [-0.05, 0) is 36.8 Å². The molecular formula is C17H18N6O2. The Bertz CT molecular complexity index is 934. The van der Waals surface area contributed by atoms with Crippen LogP contribution in [0.5, 0.6) is 0 Å². The van der Waals surface area contributed by atoms with Crippen molar-refractivity contribution in [2.45, 2.75) is 20.4 Å². The Labute approximate surface area is 144 Å². The largest absolute Gasteiger partial charge is 0.331 e. The van der Waals surface area contributed by atoms with Gasteiger partial charge in [-0.25, -0.2) is 4.79 Å². The number of aromatic nitrogens is 3. The first-order valence-corrected chi connectivity index (χ1v) is 7.74. The maximum atomic E-state index is 12.1. The maximum absolute atomic E-state index is 12.1. The smallest absolute Gasteiger partial charge is 0.319 e. The molecule has 3 N–H and O–H groups in total. The number of anilines is 2. The number of nitrogens with one attached hydrogen (secondary N) is 3. The Morgan fingerprint density at radius 1 is 1.12 bits per heavy atom. The van der Waals surface area contributed by atoms with Crippen molar-refractivity contribution in [1.82, 2.24) is 19.9 Å². The third-order valence-corrected chi connectivity index (χ3v) is 3.60. The van der Waals surface area contributed by atoms with E-state index >= 15 is 0 Å². The Kier molecular flexibility index (Phi) is 4.60. The van der Waals surface area contributed by atoms with Crippen LogP contribution < -0.4 is 16.0 Å². The van der Waals surface area contributed by atoms with Gasteiger partial charge in [0.25, 0.3) is 0 Å². The van der Waals surface area contributed by atoms with Crippen molar-refractivity contribution in [2.75, 3.05) is 10.6 Å². The molecule has 128 valence electrons. The van der Waals surface area contributed by atoms with Gasteiger partial charge in [0.15, 0.2) is 11.5 Å². The standard InChI is InChI=1S/C17H18N6O2/c1-11-6-7-13(9-14(11)19-12(2)24)20-17(25)18-10-16-22-21-15-5-3-4-8-23(15)16/h3-9H,10H2,1-2H3,(H,19,24)(H2,18,20,25). The summed E-state index contributed by atoms with van der Waals surface area (Å²) in [6, 6.07) is 10.5. The van der Waals surface area contributed by atoms with Gasteiger partial charge >= 0.3 is 6.03 Å². The average molecular weight is 338 g/mol. The van der Waals surface area contributed by atoms with Crippen molar-refractivity contribution in [3.63, 3.8) is 0 Å². The summed E-state index contributed by atoms with van der Waals surface area (Å²) in [4.78, 5) is 23.3. The number of urea groups is 1. The number of benzene rings is 1. The van der Waals surface area contributed by atoms with Gasteiger partial charge < -0.3 is 16.0 Å². The summed E-state index contributed by atoms with van der Waals surface area (Å²) in [6.45, 7) is 3.56. The number of amides is 3. The fourth-order valence-electron chi connectivity index (χ4n) is 2.37. The van der Waals surface area contributed by atoms with E-state index in [1.54, 1.807) is 16.5 Å². The van der Waals surface area contributed by atoms with Crippen LogP contribution in [0.25, 0.3) is 5.65 Å². The number of hydrogen-bond acceptors (Lipinski definition) is 4. The molecule has 0 aliphatic heterocycles. The summed E-state index contributed by atoms with van der Waals surface area (Å²) >= 11 is 0. The second-order valence-corrected chi connectivity index (χ2v) is 5.56. The number of carbonyl (C=O) groups is 2. The lowest BCUT2D eigenvalue weighted by Gasteiger charge is -2.11. The molecule has 0 atom stereocenters. The highest BCUT2D eigenvalue weighted by Crippen LogP contribution is 2.20. The van der Waals surface area contributed by atoms with Crippen LogP contribution >= 0.6 is 0 Å². The third kappa shape index (κ3) is 3.92. The van der Waals surface area contributed by atoms with Crippen LogP contribution in [0.1, 0.15) is 18.3 Å². The normalized spacial score (nSPS) is 10.5. The molecule has 0 fully saturated rings. The second-order valence-electron chi connectivity index (χ2n) is 5.56. The molecule has 0 bridgehead atoms. The summed E-state index contributed by atoms with van der Waals surface area (Å²) in [7, 11) is 0. The monoisotopic (exact) mass is 338 g/mol. The summed E-state index contributed by atoms with van der Waals surface area (Å²) in [5.41, 5.74) is 2.88. The van der Waals surface area contributed by atoms with E-state index < -0.39 is 0 Å². The van der Waals surface area contributed by atoms with E-state index in [-0.39, 0.29) is 18.5 Å². The zero-order chi connectivity index (χ0) is 17.8. The predicted octanol–water partition coefficient (Wildman–Crippen LogP) is 2.32. The molecule has 0 saturated heterocycles. The lowest BCUT2D eigenvalue weighted by Crippen LogP contribution is -2.29. The van der Waals surface area contributed by atoms with Crippen molar-refractivity contribution in [1.29, 1.82) is 0 Å². The molecule has 2 aromatic heterocycles. The van der Waals surface area contributed by atoms with Gasteiger partial charge in [0.05, 0.1) is 6.54 Å². The van der Waals surface area contributed by atoms with Gasteiger partial charge in [-0.1, -0.05) is 12.1 Å². The van der Waals surface area contributed by atoms with Crippen LogP contribution in [-0.4, -0.2) is 26.5 Å². The van der Waals surface area contributed by atoms with Crippen LogP contribution in [-0.2, 0) is 11.3 Å². The Morgan fingerprint density at radius 3 is 2.76 bits per heavy atom. The van der Waals surface area contributed by atoms with E-state index in [2.05, 4.69) is 26.1 Å². The number of aryl methyl sites for hydroxylation is 1. The number of carbonyl (C=O) groups excluding carboxylic acids is 2. The number of hydrogen-bond donors (Lipinski definition) is 3. The van der Waals surface area contributed by atoms with Crippen LogP contribution in [0.3, 0.4) is 0 Å². The van der Waals surface area contributed by atoms with E-state index in [9.17, 15) is 9.59 Å². The van der Waals surface area contributed by atoms with Crippen LogP contribution in [0.15, 0.2) is 42.6 Å². The summed E-state index contributed by atoms with van der Waals surface area (Å²) in [5, 5.41) is 16.3. The number of pyridine rings is 1. The third-order valence-electron chi connectivity index (χ3n) is 3.60. The first-order valence-electron chi connectivity index (χ1n) is 7.74. The van der Waals surface area contributed by atoms with E-state index in [0.29, 0.717) is 17.2 Å². The number of fused-ring (bicyclic) bond motifs is 1. The van der Waals surface area contributed by atoms with Gasteiger partial charge in [0, 0.05) is 24.5 Å². The van der Waals surface area contributed by atoms with E-state index in [4.69, 9.17) is 0 Å². The minimum absolute atomic E-state index is 0.164. The molecule has 0 saturated carbocycles. The van der Waals surface area contributed by atoms with E-state index in [1.807, 2.05) is 37.4 Å². The Hall–Kier alpha value is -3.42. The first-order chi connectivity index (χ1) is 12.0. The minimum Gasteiger partial charge on any atom is -0.331 e. The van der Waals surface area contributed by atoms with Gasteiger partial charge in [0.1, 0.15) is 0 Å². The molecule has 2 heterocycles. The number of rotatable bonds is 4. The first kappa shape index (κ1) is 16.4. The van der Waals surface area contributed by atoms with Crippen molar-refractivity contribution in [2.24, 2.45) is 0 Å². The van der Waals surface area contributed by atoms with Gasteiger partial charge in [-0.15, -0.1) is 10.2 Å². The quantitative estimate of drug-likeness (QED) is 0.679. The molecule has 0 radical (unpaired) electrons. The summed E-state index contributed by atoms with van der Waals surface area (Å²) < 4.78 is 1.81. The molecule has 25 heavy (non-hydrogen) atoms. The highest BCUT2D eigenvalue weighted by molar-refractivity contribution is 5.93. The molecule has 0 aliphatic carbocycles. The maximum Gasteiger partial charge on any atom is 0.319 e. The SMILES string of the molecule is CC(=O)Nc1cc(NC(=O)NCc2nnc3ccccn23)ccc1C. The second kappa shape index (κ2) is 7.00. The molecular weight excluding hydrogens is 320 g/mol. The lowest BCUT2D eigenvalue weighted by atomic mass is 10.2. The molecule has 3 rings (SSSR count). The zero-order valence-electron chi connectivity index (χ0n) is 13.9. The lowest BCUT2D eigenvalue weighted by molar-refractivity contribution is -0.114. The summed E-state index contributed by atoms with van der Waals surface area (Å²) in [6.07, 6.45) is 1.84. The number of nitrogens with zero attached hydrogens (tertiary/aromatic N) is 3. The molecule has 0 spiro atoms. The predicted molar refractivity (Wildman–Crippen MR) is 94.3 cm³/mol. The highest BCUT2D eigenvalue weighted by Gasteiger charge is 2.08. The van der Waals surface area contributed by atoms with E-state index in [1.165, 1.54) is 6.92 Å². The molecule has 0 unspecified atom stereocenters. The molecule has 1 aromatic carbocycles. The Morgan fingerprint density at radius 2 is 1.96 bits per heavy atom. The zero-order valence-corrected chi connectivity index (χ0v) is 13.9. The van der Waals surface area contributed by atoms with Crippen LogP contribution in [0.4, 0.5) is 16.2 Å². The van der Waals surface area contributed by atoms with Gasteiger partial charge in [-0.2, -0.15) is 0 Å². The molecule has 3 aromatic rings. The molecule has 8 nitrogen and oxygen atoms in total. The Balaban J connectivity index is 1.64. The molecule has 0 aliphatic rings. The molecule has 3 amide bonds. The minimum atomic E-state index is -0.370. The van der Waals surface area contributed by atoms with Gasteiger partial charge in [0.2, 0.25) is 5.91 Å². The van der Waals surface area contributed by atoms with Gasteiger partial charge in [-0.3, -0.25) is 9.20 Å². The fraction of sp³-hybridized carbons (Fsp3) is 0.176. The van der Waals surface area contributed by atoms with Crippen molar-refractivity contribution in [3.05, 3.63) is 54.0 Å². The van der Waals surface area contributed by atoms with Crippen LogP contribution in [0.2, 0.25) is 0 Å². The highest BCUT2D eigenvalue weighted by atomic mass is 16.2. The topological polar surface area (TPSA) is 100 Å². The van der Waals surface area contributed by atoms with Crippen molar-refractivity contribution >= 4 is 29.0 Å². The van der Waals surface area contributed by atoms with Crippen LogP contribution in [0, 0.1) is 6.92 Å². The van der Waals surface area contributed by atoms with Crippen molar-refractivity contribution < 1.29 is 9.59 Å². The van der Waals surface area contributed by atoms with E-state index in [0.717, 1.165) is 11.2 Å². The fourth-order valence-corrected chi connectivity index (χ4v) is 2.37.